The number of likely N-dealkylation sites (N-methyl/N-ethyl adjacent to an activating group) is 2. The highest BCUT2D eigenvalue weighted by atomic mass is 16.5. The van der Waals surface area contributed by atoms with Crippen LogP contribution in [0.5, 0.6) is 0 Å². The number of methoxy groups -OCH3 is 2. The lowest BCUT2D eigenvalue weighted by molar-refractivity contribution is -0.146. The fourth-order valence-corrected chi connectivity index (χ4v) is 6.87. The summed E-state index contributed by atoms with van der Waals surface area (Å²) in [6.07, 6.45) is 1.57. The van der Waals surface area contributed by atoms with E-state index < -0.39 is 23.7 Å². The molecule has 0 bridgehead atoms. The van der Waals surface area contributed by atoms with E-state index in [0.717, 1.165) is 12.8 Å². The standard InChI is InChI=1S/C29H55N5O6.C7H8.C6H14N2O/c1-11-18(2)26(33(8)24(36)15-19(3)30)22(39-9)16-25(37)34-14-12-13-21(34)27(40-10)20(4)28(38)31-17-23(35)32-29(5,6)7;1-7-5-3-2-4-6-7;1-4(2)5(8-3)6(7)9/h18-22,26-27H,11-17,30H2,1-10H3,(H,31,38)(H,32,35);2-6H,1H3;4-5,8H,1-3H3,(H2,7,9). The predicted molar refractivity (Wildman–Crippen MR) is 223 cm³/mol. The molecule has 2 rings (SSSR count). The first-order valence-corrected chi connectivity index (χ1v) is 20.0. The molecule has 8 atom stereocenters. The Bertz CT molecular complexity index is 1320. The first kappa shape index (κ1) is 52.4. The van der Waals surface area contributed by atoms with Crippen LogP contribution in [0, 0.1) is 24.7 Å². The minimum Gasteiger partial charge on any atom is -0.379 e. The number of carbonyl (C=O) groups excluding carboxylic acids is 5. The maximum Gasteiger partial charge on any atom is 0.239 e. The highest BCUT2D eigenvalue weighted by Crippen LogP contribution is 2.29. The second kappa shape index (κ2) is 26.4. The van der Waals surface area contributed by atoms with Crippen LogP contribution in [-0.2, 0) is 33.4 Å². The van der Waals surface area contributed by atoms with E-state index in [2.05, 4.69) is 48.9 Å². The topological polar surface area (TPSA) is 198 Å². The maximum absolute atomic E-state index is 13.7. The molecule has 7 N–H and O–H groups in total. The van der Waals surface area contributed by atoms with Crippen molar-refractivity contribution in [1.82, 2.24) is 25.8 Å². The molecule has 1 fully saturated rings. The van der Waals surface area contributed by atoms with E-state index in [0.29, 0.717) is 13.0 Å². The van der Waals surface area contributed by atoms with Crippen molar-refractivity contribution in [3.05, 3.63) is 35.9 Å². The molecule has 0 aliphatic carbocycles. The third-order valence-corrected chi connectivity index (χ3v) is 9.96. The lowest BCUT2D eigenvalue weighted by Crippen LogP contribution is -2.54. The highest BCUT2D eigenvalue weighted by molar-refractivity contribution is 5.86. The molecular formula is C42H77N7O7. The molecule has 0 saturated carbocycles. The van der Waals surface area contributed by atoms with E-state index in [1.54, 1.807) is 44.9 Å². The van der Waals surface area contributed by atoms with Crippen LogP contribution in [0.1, 0.15) is 100.0 Å². The first-order valence-electron chi connectivity index (χ1n) is 20.0. The largest absolute Gasteiger partial charge is 0.379 e. The average molecular weight is 792 g/mol. The summed E-state index contributed by atoms with van der Waals surface area (Å²) in [6.45, 7) is 19.7. The van der Waals surface area contributed by atoms with E-state index in [4.69, 9.17) is 20.9 Å². The third kappa shape index (κ3) is 19.0. The smallest absolute Gasteiger partial charge is 0.239 e. The molecule has 0 spiro atoms. The number of nitrogens with one attached hydrogen (secondary N) is 3. The van der Waals surface area contributed by atoms with Crippen LogP contribution in [0.15, 0.2) is 30.3 Å². The Morgan fingerprint density at radius 3 is 1.96 bits per heavy atom. The molecule has 0 radical (unpaired) electrons. The van der Waals surface area contributed by atoms with Gasteiger partial charge in [-0.15, -0.1) is 0 Å². The summed E-state index contributed by atoms with van der Waals surface area (Å²) in [5, 5.41) is 8.35. The number of rotatable bonds is 18. The van der Waals surface area contributed by atoms with Gasteiger partial charge in [0.2, 0.25) is 29.5 Å². The summed E-state index contributed by atoms with van der Waals surface area (Å²) in [5.74, 6) is -1.26. The molecule has 1 aliphatic rings. The molecule has 1 aromatic carbocycles. The van der Waals surface area contributed by atoms with Gasteiger partial charge < -0.3 is 46.7 Å². The van der Waals surface area contributed by atoms with Crippen LogP contribution in [0.25, 0.3) is 0 Å². The Balaban J connectivity index is 0.00000155. The van der Waals surface area contributed by atoms with Crippen molar-refractivity contribution in [3.63, 3.8) is 0 Å². The van der Waals surface area contributed by atoms with Gasteiger partial charge in [0, 0.05) is 45.8 Å². The van der Waals surface area contributed by atoms with E-state index in [9.17, 15) is 24.0 Å². The quantitative estimate of drug-likeness (QED) is 0.148. The van der Waals surface area contributed by atoms with Gasteiger partial charge in [-0.2, -0.15) is 0 Å². The number of amides is 5. The lowest BCUT2D eigenvalue weighted by Gasteiger charge is -2.39. The molecule has 5 amide bonds. The van der Waals surface area contributed by atoms with Crippen molar-refractivity contribution in [1.29, 1.82) is 0 Å². The van der Waals surface area contributed by atoms with Crippen LogP contribution in [0.2, 0.25) is 0 Å². The van der Waals surface area contributed by atoms with Crippen molar-refractivity contribution in [2.45, 2.75) is 143 Å². The number of hydrogen-bond donors (Lipinski definition) is 5. The number of primary amides is 1. The zero-order chi connectivity index (χ0) is 43.3. The van der Waals surface area contributed by atoms with Gasteiger partial charge in [-0.1, -0.05) is 76.9 Å². The molecule has 1 saturated heterocycles. The summed E-state index contributed by atoms with van der Waals surface area (Å²) in [5.41, 5.74) is 11.8. The Hall–Kier alpha value is -3.59. The third-order valence-electron chi connectivity index (χ3n) is 9.96. The normalized spacial score (nSPS) is 17.7. The molecule has 322 valence electrons. The predicted octanol–water partition coefficient (Wildman–Crippen LogP) is 3.39. The number of aryl methyl sites for hydroxylation is 1. The van der Waals surface area contributed by atoms with Gasteiger partial charge in [0.05, 0.1) is 49.2 Å². The minimum atomic E-state index is -0.584. The number of hydrogen-bond acceptors (Lipinski definition) is 9. The second-order valence-electron chi connectivity index (χ2n) is 16.4. The van der Waals surface area contributed by atoms with Gasteiger partial charge in [0.15, 0.2) is 0 Å². The van der Waals surface area contributed by atoms with Gasteiger partial charge in [0.1, 0.15) is 0 Å². The minimum absolute atomic E-state index is 0.0793. The van der Waals surface area contributed by atoms with Crippen LogP contribution >= 0.6 is 0 Å². The zero-order valence-corrected chi connectivity index (χ0v) is 36.9. The SMILES string of the molecule is CCC(C)C(C(CC(=O)N1CCCC1C(OC)C(C)C(=O)NCC(=O)NC(C)(C)C)OC)N(C)C(=O)CC(C)N.CNC(C(N)=O)C(C)C.Cc1ccccc1. The van der Waals surface area contributed by atoms with Crippen molar-refractivity contribution < 1.29 is 33.4 Å². The van der Waals surface area contributed by atoms with Gasteiger partial charge in [-0.25, -0.2) is 0 Å². The molecule has 8 unspecified atom stereocenters. The molecule has 1 aliphatic heterocycles. The summed E-state index contributed by atoms with van der Waals surface area (Å²) < 4.78 is 11.6. The van der Waals surface area contributed by atoms with Crippen molar-refractivity contribution in [3.8, 4) is 0 Å². The van der Waals surface area contributed by atoms with E-state index >= 15 is 0 Å². The van der Waals surface area contributed by atoms with Crippen molar-refractivity contribution in [2.24, 2.45) is 29.2 Å². The van der Waals surface area contributed by atoms with Crippen LogP contribution < -0.4 is 27.4 Å². The van der Waals surface area contributed by atoms with E-state index in [1.807, 2.05) is 52.8 Å². The van der Waals surface area contributed by atoms with Crippen molar-refractivity contribution in [2.75, 3.05) is 41.4 Å². The summed E-state index contributed by atoms with van der Waals surface area (Å²) in [7, 11) is 6.59. The Morgan fingerprint density at radius 2 is 1.57 bits per heavy atom. The number of nitrogens with two attached hydrogens (primary N) is 2. The molecule has 1 heterocycles. The van der Waals surface area contributed by atoms with Crippen LogP contribution in [-0.4, -0.2) is 123 Å². The fourth-order valence-electron chi connectivity index (χ4n) is 6.87. The maximum atomic E-state index is 13.7. The highest BCUT2D eigenvalue weighted by Gasteiger charge is 2.42. The second-order valence-corrected chi connectivity index (χ2v) is 16.4. The molecule has 56 heavy (non-hydrogen) atoms. The number of benzene rings is 1. The monoisotopic (exact) mass is 792 g/mol. The number of likely N-dealkylation sites (tertiary alicyclic amines) is 1. The van der Waals surface area contributed by atoms with E-state index in [1.165, 1.54) is 12.7 Å². The van der Waals surface area contributed by atoms with Crippen LogP contribution in [0.3, 0.4) is 0 Å². The van der Waals surface area contributed by atoms with Gasteiger partial charge in [0.25, 0.3) is 0 Å². The molecule has 1 aromatic rings. The summed E-state index contributed by atoms with van der Waals surface area (Å²) >= 11 is 0. The number of nitrogens with zero attached hydrogens (tertiary/aromatic N) is 2. The van der Waals surface area contributed by atoms with Gasteiger partial charge in [-0.05, 0) is 66.3 Å². The summed E-state index contributed by atoms with van der Waals surface area (Å²) in [4.78, 5) is 65.7. The molecular weight excluding hydrogens is 715 g/mol. The summed E-state index contributed by atoms with van der Waals surface area (Å²) in [6, 6.07) is 9.22. The number of carbonyl (C=O) groups is 5. The van der Waals surface area contributed by atoms with Crippen LogP contribution in [0.4, 0.5) is 0 Å². The molecule has 14 heteroatoms. The molecule has 0 aromatic heterocycles. The Kier molecular flexibility index (Phi) is 24.7. The number of ether oxygens (including phenoxy) is 2. The van der Waals surface area contributed by atoms with E-state index in [-0.39, 0.29) is 84.9 Å². The molecule has 14 nitrogen and oxygen atoms in total. The Morgan fingerprint density at radius 1 is 0.982 bits per heavy atom. The lowest BCUT2D eigenvalue weighted by atomic mass is 9.90. The first-order chi connectivity index (χ1) is 26.1. The van der Waals surface area contributed by atoms with Gasteiger partial charge >= 0.3 is 0 Å². The fraction of sp³-hybridized carbons (Fsp3) is 0.738. The van der Waals surface area contributed by atoms with Crippen molar-refractivity contribution >= 4 is 29.5 Å². The zero-order valence-electron chi connectivity index (χ0n) is 36.9. The van der Waals surface area contributed by atoms with Gasteiger partial charge in [-0.3, -0.25) is 24.0 Å². The Labute approximate surface area is 337 Å². The average Bonchev–Trinajstić information content (AvgIpc) is 3.60.